The molecule has 0 N–H and O–H groups in total. The molecule has 33 heavy (non-hydrogen) atoms. The predicted octanol–water partition coefficient (Wildman–Crippen LogP) is 5.22. The average Bonchev–Trinajstić information content (AvgIpc) is 2.85. The second-order valence-corrected chi connectivity index (χ2v) is 10.8. The van der Waals surface area contributed by atoms with Crippen LogP contribution in [0.5, 0.6) is 5.75 Å². The molecule has 2 amide bonds. The van der Waals surface area contributed by atoms with Gasteiger partial charge in [0.15, 0.2) is 6.61 Å². The van der Waals surface area contributed by atoms with E-state index in [9.17, 15) is 9.59 Å². The highest BCUT2D eigenvalue weighted by Crippen LogP contribution is 2.38. The van der Waals surface area contributed by atoms with Crippen molar-refractivity contribution in [2.75, 3.05) is 33.3 Å². The van der Waals surface area contributed by atoms with Crippen molar-refractivity contribution in [1.29, 1.82) is 0 Å². The number of para-hydroxylation sites is 1. The molecule has 0 aromatic heterocycles. The summed E-state index contributed by atoms with van der Waals surface area (Å²) in [5.41, 5.74) is 1.31. The van der Waals surface area contributed by atoms with Gasteiger partial charge in [-0.1, -0.05) is 56.7 Å². The third kappa shape index (κ3) is 6.51. The number of rotatable bonds is 3. The molecule has 0 unspecified atom stereocenters. The zero-order chi connectivity index (χ0) is 23.1. The number of nitrogens with zero attached hydrogens (tertiary/aromatic N) is 2. The van der Waals surface area contributed by atoms with Crippen LogP contribution in [-0.4, -0.2) is 54.9 Å². The number of fused-ring (bicyclic) bond motifs is 1. The highest BCUT2D eigenvalue weighted by atomic mass is 16.5. The van der Waals surface area contributed by atoms with Crippen molar-refractivity contribution in [1.82, 2.24) is 9.80 Å². The van der Waals surface area contributed by atoms with Crippen molar-refractivity contribution in [3.05, 3.63) is 29.8 Å². The molecule has 4 rings (SSSR count). The fraction of sp³-hybridized carbons (Fsp3) is 0.714. The van der Waals surface area contributed by atoms with Gasteiger partial charge in [-0.25, -0.2) is 0 Å². The Morgan fingerprint density at radius 3 is 2.58 bits per heavy atom. The largest absolute Gasteiger partial charge is 0.483 e. The lowest BCUT2D eigenvalue weighted by molar-refractivity contribution is -0.138. The highest BCUT2D eigenvalue weighted by Gasteiger charge is 2.37. The second-order valence-electron chi connectivity index (χ2n) is 10.8. The molecule has 1 aromatic rings. The molecule has 2 fully saturated rings. The van der Waals surface area contributed by atoms with Crippen molar-refractivity contribution in [3.8, 4) is 5.75 Å². The lowest BCUT2D eigenvalue weighted by Crippen LogP contribution is -2.49. The number of likely N-dealkylation sites (N-methyl/N-ethyl adjacent to an activating group) is 1. The van der Waals surface area contributed by atoms with Crippen molar-refractivity contribution >= 4 is 11.8 Å². The van der Waals surface area contributed by atoms with E-state index in [1.165, 1.54) is 37.7 Å². The summed E-state index contributed by atoms with van der Waals surface area (Å²) in [6.45, 7) is 2.53. The topological polar surface area (TPSA) is 49.9 Å². The van der Waals surface area contributed by atoms with Crippen molar-refractivity contribution in [2.45, 2.75) is 83.5 Å². The standard InChI is InChI=1S/C28H42N2O3/c1-29-22-28(16-8-7-12-24-11-5-6-13-25(24)33-21-27(29)32)17-19-30(20-18-28)26(31)15-14-23-9-3-2-4-10-23/h5-6,11,13,23H,2-4,7-10,12,14-22H2,1H3. The molecule has 0 bridgehead atoms. The first-order valence-corrected chi connectivity index (χ1v) is 13.3. The SMILES string of the molecule is CN1CC2(CCCCc3ccccc3OCC1=O)CCN(C(=O)CCC1CCCCC1)CC2. The Hall–Kier alpha value is -2.04. The summed E-state index contributed by atoms with van der Waals surface area (Å²) in [5.74, 6) is 1.99. The molecule has 182 valence electrons. The molecule has 1 saturated heterocycles. The first-order chi connectivity index (χ1) is 16.0. The van der Waals surface area contributed by atoms with Gasteiger partial charge in [0.2, 0.25) is 5.91 Å². The van der Waals surface area contributed by atoms with Crippen LogP contribution in [0.3, 0.4) is 0 Å². The molecule has 1 aromatic carbocycles. The summed E-state index contributed by atoms with van der Waals surface area (Å²) in [6, 6.07) is 8.10. The number of ether oxygens (including phenoxy) is 1. The Morgan fingerprint density at radius 1 is 1.03 bits per heavy atom. The fourth-order valence-electron chi connectivity index (χ4n) is 6.19. The molecule has 5 nitrogen and oxygen atoms in total. The smallest absolute Gasteiger partial charge is 0.260 e. The summed E-state index contributed by atoms with van der Waals surface area (Å²) in [5, 5.41) is 0. The summed E-state index contributed by atoms with van der Waals surface area (Å²) in [4.78, 5) is 29.7. The van der Waals surface area contributed by atoms with Gasteiger partial charge in [-0.15, -0.1) is 0 Å². The maximum Gasteiger partial charge on any atom is 0.260 e. The molecule has 1 spiro atoms. The van der Waals surface area contributed by atoms with Gasteiger partial charge in [-0.05, 0) is 61.5 Å². The molecule has 0 radical (unpaired) electrons. The monoisotopic (exact) mass is 454 g/mol. The van der Waals surface area contributed by atoms with E-state index in [1.54, 1.807) is 0 Å². The third-order valence-corrected chi connectivity index (χ3v) is 8.39. The van der Waals surface area contributed by atoms with Crippen LogP contribution in [0.4, 0.5) is 0 Å². The number of aryl methyl sites for hydroxylation is 1. The molecule has 1 saturated carbocycles. The van der Waals surface area contributed by atoms with E-state index < -0.39 is 0 Å². The van der Waals surface area contributed by atoms with Gasteiger partial charge in [-0.3, -0.25) is 9.59 Å². The zero-order valence-electron chi connectivity index (χ0n) is 20.5. The Balaban J connectivity index is 1.33. The molecular formula is C28H42N2O3. The predicted molar refractivity (Wildman–Crippen MR) is 131 cm³/mol. The van der Waals surface area contributed by atoms with Crippen molar-refractivity contribution < 1.29 is 14.3 Å². The van der Waals surface area contributed by atoms with E-state index in [0.29, 0.717) is 12.3 Å². The molecule has 1 aliphatic carbocycles. The fourth-order valence-corrected chi connectivity index (χ4v) is 6.19. The van der Waals surface area contributed by atoms with Crippen molar-refractivity contribution in [3.63, 3.8) is 0 Å². The first-order valence-electron chi connectivity index (χ1n) is 13.3. The second kappa shape index (κ2) is 11.4. The number of hydrogen-bond donors (Lipinski definition) is 0. The molecule has 3 aliphatic rings. The number of benzene rings is 1. The molecular weight excluding hydrogens is 412 g/mol. The van der Waals surface area contributed by atoms with Crippen LogP contribution < -0.4 is 4.74 Å². The van der Waals surface area contributed by atoms with E-state index in [4.69, 9.17) is 4.74 Å². The minimum atomic E-state index is 0.0377. The number of carbonyl (C=O) groups excluding carboxylic acids is 2. The van der Waals surface area contributed by atoms with E-state index in [-0.39, 0.29) is 17.9 Å². The van der Waals surface area contributed by atoms with Crippen LogP contribution in [0, 0.1) is 11.3 Å². The normalized spacial score (nSPS) is 22.8. The average molecular weight is 455 g/mol. The lowest BCUT2D eigenvalue weighted by atomic mass is 9.73. The zero-order valence-corrected chi connectivity index (χ0v) is 20.5. The molecule has 0 atom stereocenters. The van der Waals surface area contributed by atoms with Crippen LogP contribution in [0.2, 0.25) is 0 Å². The van der Waals surface area contributed by atoms with Crippen LogP contribution in [0.15, 0.2) is 24.3 Å². The van der Waals surface area contributed by atoms with Gasteiger partial charge in [0.1, 0.15) is 5.75 Å². The van der Waals surface area contributed by atoms with Gasteiger partial charge in [0, 0.05) is 33.1 Å². The molecule has 5 heteroatoms. The Morgan fingerprint density at radius 2 is 1.79 bits per heavy atom. The first kappa shape index (κ1) is 24.1. The van der Waals surface area contributed by atoms with E-state index in [2.05, 4.69) is 11.0 Å². The van der Waals surface area contributed by atoms with E-state index in [0.717, 1.165) is 76.2 Å². The van der Waals surface area contributed by atoms with E-state index >= 15 is 0 Å². The highest BCUT2D eigenvalue weighted by molar-refractivity contribution is 5.77. The quantitative estimate of drug-likeness (QED) is 0.629. The number of piperidine rings is 1. The maximum atomic E-state index is 12.9. The number of likely N-dealkylation sites (tertiary alicyclic amines) is 1. The lowest BCUT2D eigenvalue weighted by Gasteiger charge is -2.44. The van der Waals surface area contributed by atoms with Crippen LogP contribution in [-0.2, 0) is 16.0 Å². The van der Waals surface area contributed by atoms with Crippen LogP contribution >= 0.6 is 0 Å². The van der Waals surface area contributed by atoms with Gasteiger partial charge in [-0.2, -0.15) is 0 Å². The van der Waals surface area contributed by atoms with Crippen LogP contribution in [0.25, 0.3) is 0 Å². The van der Waals surface area contributed by atoms with Crippen LogP contribution in [0.1, 0.15) is 82.6 Å². The minimum Gasteiger partial charge on any atom is -0.483 e. The van der Waals surface area contributed by atoms with Gasteiger partial charge in [0.05, 0.1) is 0 Å². The Bertz CT molecular complexity index is 794. The Labute approximate surface area is 199 Å². The third-order valence-electron chi connectivity index (χ3n) is 8.39. The Kier molecular flexibility index (Phi) is 8.32. The summed E-state index contributed by atoms with van der Waals surface area (Å²) >= 11 is 0. The van der Waals surface area contributed by atoms with Crippen molar-refractivity contribution in [2.24, 2.45) is 11.3 Å². The molecule has 2 aliphatic heterocycles. The number of amides is 2. The summed E-state index contributed by atoms with van der Waals surface area (Å²) in [7, 11) is 1.91. The minimum absolute atomic E-state index is 0.0377. The van der Waals surface area contributed by atoms with Gasteiger partial charge >= 0.3 is 0 Å². The van der Waals surface area contributed by atoms with Gasteiger partial charge < -0.3 is 14.5 Å². The summed E-state index contributed by atoms with van der Waals surface area (Å²) < 4.78 is 5.90. The van der Waals surface area contributed by atoms with E-state index in [1.807, 2.05) is 30.1 Å². The molecule has 2 heterocycles. The number of hydrogen-bond acceptors (Lipinski definition) is 3. The number of carbonyl (C=O) groups is 2. The summed E-state index contributed by atoms with van der Waals surface area (Å²) in [6.07, 6.45) is 14.8. The maximum absolute atomic E-state index is 12.9. The van der Waals surface area contributed by atoms with Gasteiger partial charge in [0.25, 0.3) is 5.91 Å².